The minimum atomic E-state index is -0.461. The molecule has 1 aliphatic carbocycles. The van der Waals surface area contributed by atoms with Gasteiger partial charge in [0.05, 0.1) is 18.3 Å². The summed E-state index contributed by atoms with van der Waals surface area (Å²) in [4.78, 5) is 11.9. The highest BCUT2D eigenvalue weighted by Crippen LogP contribution is 2.19. The third-order valence-corrected chi connectivity index (χ3v) is 3.90. The maximum absolute atomic E-state index is 13.8. The predicted octanol–water partition coefficient (Wildman–Crippen LogP) is 2.15. The number of aryl methyl sites for hydroxylation is 1. The van der Waals surface area contributed by atoms with Crippen LogP contribution >= 0.6 is 0 Å². The molecule has 0 saturated heterocycles. The topological polar surface area (TPSA) is 64.3 Å². The Morgan fingerprint density at radius 3 is 2.81 bits per heavy atom. The van der Waals surface area contributed by atoms with Crippen molar-refractivity contribution in [3.05, 3.63) is 35.1 Å². The van der Waals surface area contributed by atoms with E-state index in [1.807, 2.05) is 0 Å². The van der Waals surface area contributed by atoms with Crippen LogP contribution in [0.3, 0.4) is 0 Å². The van der Waals surface area contributed by atoms with E-state index in [1.54, 1.807) is 19.1 Å². The molecule has 0 unspecified atom stereocenters. The van der Waals surface area contributed by atoms with Gasteiger partial charge in [-0.3, -0.25) is 4.79 Å². The van der Waals surface area contributed by atoms with Crippen LogP contribution in [0, 0.1) is 12.7 Å². The van der Waals surface area contributed by atoms with E-state index in [9.17, 15) is 9.18 Å². The molecule has 2 rings (SSSR count). The van der Waals surface area contributed by atoms with Gasteiger partial charge in [0.25, 0.3) is 5.91 Å². The van der Waals surface area contributed by atoms with Crippen molar-refractivity contribution >= 4 is 5.91 Å². The van der Waals surface area contributed by atoms with E-state index in [2.05, 4.69) is 5.32 Å². The van der Waals surface area contributed by atoms with Crippen molar-refractivity contribution in [1.29, 1.82) is 0 Å². The summed E-state index contributed by atoms with van der Waals surface area (Å²) in [6, 6.07) is 5.10. The van der Waals surface area contributed by atoms with Crippen molar-refractivity contribution in [2.75, 3.05) is 13.2 Å². The quantitative estimate of drug-likeness (QED) is 0.818. The Labute approximate surface area is 124 Å². The average molecular weight is 294 g/mol. The normalized spacial score (nSPS) is 22.0. The highest BCUT2D eigenvalue weighted by molar-refractivity contribution is 5.94. The number of nitrogens with one attached hydrogen (secondary N) is 1. The highest BCUT2D eigenvalue weighted by atomic mass is 19.1. The van der Waals surface area contributed by atoms with Gasteiger partial charge in [-0.25, -0.2) is 4.39 Å². The van der Waals surface area contributed by atoms with Crippen molar-refractivity contribution < 1.29 is 13.9 Å². The summed E-state index contributed by atoms with van der Waals surface area (Å²) in [5, 5.41) is 2.69. The zero-order valence-electron chi connectivity index (χ0n) is 12.4. The van der Waals surface area contributed by atoms with Crippen molar-refractivity contribution in [1.82, 2.24) is 5.32 Å². The SMILES string of the molecule is Cc1cccc(C(=O)NCCOC2CCC(N)CC2)c1F. The summed E-state index contributed by atoms with van der Waals surface area (Å²) < 4.78 is 19.5. The Bertz CT molecular complexity index is 485. The Morgan fingerprint density at radius 2 is 2.10 bits per heavy atom. The molecule has 1 aromatic rings. The number of halogens is 1. The van der Waals surface area contributed by atoms with E-state index in [0.29, 0.717) is 24.8 Å². The second-order valence-corrected chi connectivity index (χ2v) is 5.60. The smallest absolute Gasteiger partial charge is 0.254 e. The zero-order valence-corrected chi connectivity index (χ0v) is 12.4. The van der Waals surface area contributed by atoms with E-state index >= 15 is 0 Å². The molecule has 1 fully saturated rings. The summed E-state index contributed by atoms with van der Waals surface area (Å²) in [6.45, 7) is 2.47. The van der Waals surface area contributed by atoms with Crippen molar-refractivity contribution in [2.24, 2.45) is 5.73 Å². The van der Waals surface area contributed by atoms with Crippen molar-refractivity contribution in [3.8, 4) is 0 Å². The van der Waals surface area contributed by atoms with Gasteiger partial charge in [0.15, 0.2) is 0 Å². The molecular formula is C16H23FN2O2. The second kappa shape index (κ2) is 7.52. The van der Waals surface area contributed by atoms with Gasteiger partial charge in [0.2, 0.25) is 0 Å². The van der Waals surface area contributed by atoms with Crippen LogP contribution in [-0.2, 0) is 4.74 Å². The summed E-state index contributed by atoms with van der Waals surface area (Å²) in [7, 11) is 0. The number of ether oxygens (including phenoxy) is 1. The van der Waals surface area contributed by atoms with Gasteiger partial charge < -0.3 is 15.8 Å². The first-order valence-electron chi connectivity index (χ1n) is 7.48. The molecule has 0 heterocycles. The van der Waals surface area contributed by atoms with Crippen LogP contribution in [-0.4, -0.2) is 31.2 Å². The number of carbonyl (C=O) groups excluding carboxylic acids is 1. The first-order chi connectivity index (χ1) is 10.1. The minimum Gasteiger partial charge on any atom is -0.376 e. The maximum Gasteiger partial charge on any atom is 0.254 e. The van der Waals surface area contributed by atoms with E-state index in [-0.39, 0.29) is 11.7 Å². The lowest BCUT2D eigenvalue weighted by molar-refractivity contribution is 0.0267. The highest BCUT2D eigenvalue weighted by Gasteiger charge is 2.19. The molecule has 1 aliphatic rings. The van der Waals surface area contributed by atoms with Crippen LogP contribution in [0.5, 0.6) is 0 Å². The van der Waals surface area contributed by atoms with Crippen LogP contribution < -0.4 is 11.1 Å². The van der Waals surface area contributed by atoms with Crippen LogP contribution in [0.15, 0.2) is 18.2 Å². The largest absolute Gasteiger partial charge is 0.376 e. The van der Waals surface area contributed by atoms with Gasteiger partial charge >= 0.3 is 0 Å². The summed E-state index contributed by atoms with van der Waals surface area (Å²) in [5.41, 5.74) is 6.39. The van der Waals surface area contributed by atoms with Gasteiger partial charge in [0.1, 0.15) is 5.82 Å². The molecule has 21 heavy (non-hydrogen) atoms. The summed E-state index contributed by atoms with van der Waals surface area (Å²) >= 11 is 0. The molecule has 1 saturated carbocycles. The number of nitrogens with two attached hydrogens (primary N) is 1. The molecule has 0 atom stereocenters. The molecule has 0 radical (unpaired) electrons. The molecule has 0 aliphatic heterocycles. The monoisotopic (exact) mass is 294 g/mol. The fourth-order valence-electron chi connectivity index (χ4n) is 2.56. The standard InChI is InChI=1S/C16H23FN2O2/c1-11-3-2-4-14(15(11)17)16(20)19-9-10-21-13-7-5-12(18)6-8-13/h2-4,12-13H,5-10,18H2,1H3,(H,19,20). The van der Waals surface area contributed by atoms with E-state index < -0.39 is 11.7 Å². The number of carbonyl (C=O) groups is 1. The maximum atomic E-state index is 13.8. The second-order valence-electron chi connectivity index (χ2n) is 5.60. The average Bonchev–Trinajstić information content (AvgIpc) is 2.48. The van der Waals surface area contributed by atoms with Gasteiger partial charge in [-0.05, 0) is 44.2 Å². The minimum absolute atomic E-state index is 0.0821. The third kappa shape index (κ3) is 4.51. The van der Waals surface area contributed by atoms with Crippen molar-refractivity contribution in [3.63, 3.8) is 0 Å². The number of rotatable bonds is 5. The van der Waals surface area contributed by atoms with E-state index in [1.165, 1.54) is 6.07 Å². The molecule has 4 nitrogen and oxygen atoms in total. The fraction of sp³-hybridized carbons (Fsp3) is 0.562. The van der Waals surface area contributed by atoms with Crippen LogP contribution in [0.1, 0.15) is 41.6 Å². The lowest BCUT2D eigenvalue weighted by atomic mass is 9.94. The first-order valence-corrected chi connectivity index (χ1v) is 7.48. The van der Waals surface area contributed by atoms with Gasteiger partial charge in [-0.1, -0.05) is 12.1 Å². The lowest BCUT2D eigenvalue weighted by Gasteiger charge is -2.26. The first kappa shape index (κ1) is 15.9. The van der Waals surface area contributed by atoms with Gasteiger partial charge in [-0.2, -0.15) is 0 Å². The predicted molar refractivity (Wildman–Crippen MR) is 79.7 cm³/mol. The lowest BCUT2D eigenvalue weighted by Crippen LogP contribution is -2.33. The van der Waals surface area contributed by atoms with Crippen LogP contribution in [0.2, 0.25) is 0 Å². The van der Waals surface area contributed by atoms with Gasteiger partial charge in [-0.15, -0.1) is 0 Å². The molecule has 0 aromatic heterocycles. The number of hydrogen-bond acceptors (Lipinski definition) is 3. The molecule has 1 amide bonds. The molecule has 0 spiro atoms. The van der Waals surface area contributed by atoms with Crippen LogP contribution in [0.4, 0.5) is 4.39 Å². The molecule has 116 valence electrons. The number of amides is 1. The summed E-state index contributed by atoms with van der Waals surface area (Å²) in [6.07, 6.45) is 4.16. The van der Waals surface area contributed by atoms with E-state index in [4.69, 9.17) is 10.5 Å². The molecule has 1 aromatic carbocycles. The molecule has 5 heteroatoms. The van der Waals surface area contributed by atoms with E-state index in [0.717, 1.165) is 25.7 Å². The Morgan fingerprint density at radius 1 is 1.38 bits per heavy atom. The fourth-order valence-corrected chi connectivity index (χ4v) is 2.56. The Balaban J connectivity index is 1.71. The van der Waals surface area contributed by atoms with Crippen LogP contribution in [0.25, 0.3) is 0 Å². The molecule has 0 bridgehead atoms. The van der Waals surface area contributed by atoms with Gasteiger partial charge in [0, 0.05) is 12.6 Å². The molecular weight excluding hydrogens is 271 g/mol. The molecule has 3 N–H and O–H groups in total. The third-order valence-electron chi connectivity index (χ3n) is 3.90. The van der Waals surface area contributed by atoms with Crippen molar-refractivity contribution in [2.45, 2.75) is 44.8 Å². The summed E-state index contributed by atoms with van der Waals surface area (Å²) in [5.74, 6) is -0.859. The number of benzene rings is 1. The zero-order chi connectivity index (χ0) is 15.2. The Kier molecular flexibility index (Phi) is 5.70. The Hall–Kier alpha value is -1.46. The number of hydrogen-bond donors (Lipinski definition) is 2.